The van der Waals surface area contributed by atoms with Crippen LogP contribution in [0.1, 0.15) is 38.8 Å². The van der Waals surface area contributed by atoms with Crippen molar-refractivity contribution >= 4 is 36.8 Å². The maximum absolute atomic E-state index is 11.3. The molecule has 0 amide bonds. The van der Waals surface area contributed by atoms with Gasteiger partial charge in [-0.15, -0.1) is 24.8 Å². The van der Waals surface area contributed by atoms with Crippen molar-refractivity contribution in [1.29, 1.82) is 0 Å². The Bertz CT molecular complexity index is 692. The molecular weight excluding hydrogens is 403 g/mol. The van der Waals surface area contributed by atoms with Gasteiger partial charge in [-0.25, -0.2) is 9.59 Å². The smallest absolute Gasteiger partial charge is 0.338 e. The van der Waals surface area contributed by atoms with Crippen molar-refractivity contribution in [2.45, 2.75) is 20.0 Å². The molecule has 0 radical (unpaired) electrons. The van der Waals surface area contributed by atoms with E-state index in [9.17, 15) is 9.59 Å². The molecule has 0 fully saturated rings. The van der Waals surface area contributed by atoms with Crippen LogP contribution in [-0.4, -0.2) is 37.7 Å². The summed E-state index contributed by atoms with van der Waals surface area (Å²) >= 11 is 0. The summed E-state index contributed by atoms with van der Waals surface area (Å²) in [5.41, 5.74) is 3.17. The van der Waals surface area contributed by atoms with Gasteiger partial charge >= 0.3 is 11.9 Å². The summed E-state index contributed by atoms with van der Waals surface area (Å²) in [7, 11) is 3.74. The largest absolute Gasteiger partial charge is 0.478 e. The average Bonchev–Trinajstić information content (AvgIpc) is 2.64. The van der Waals surface area contributed by atoms with Crippen molar-refractivity contribution in [1.82, 2.24) is 10.6 Å². The Hall–Kier alpha value is -2.12. The third kappa shape index (κ3) is 10.3. The number of hydrogen-bond donors (Lipinski definition) is 3. The number of hydrogen-bond acceptors (Lipinski definition) is 5. The summed E-state index contributed by atoms with van der Waals surface area (Å²) in [5, 5.41) is 14.6. The second-order valence-electron chi connectivity index (χ2n) is 5.48. The Morgan fingerprint density at radius 1 is 0.821 bits per heavy atom. The van der Waals surface area contributed by atoms with Gasteiger partial charge in [-0.2, -0.15) is 0 Å². The molecule has 0 bridgehead atoms. The lowest BCUT2D eigenvalue weighted by atomic mass is 10.1. The number of carbonyl (C=O) groups excluding carboxylic acids is 1. The zero-order valence-corrected chi connectivity index (χ0v) is 17.9. The zero-order chi connectivity index (χ0) is 19.4. The first-order chi connectivity index (χ1) is 12.5. The monoisotopic (exact) mass is 430 g/mol. The fraction of sp³-hybridized carbons (Fsp3) is 0.300. The van der Waals surface area contributed by atoms with Crippen molar-refractivity contribution in [2.24, 2.45) is 0 Å². The summed E-state index contributed by atoms with van der Waals surface area (Å²) in [5.74, 6) is -1.14. The second kappa shape index (κ2) is 15.9. The van der Waals surface area contributed by atoms with Gasteiger partial charge in [0, 0.05) is 13.1 Å². The number of carbonyl (C=O) groups is 2. The average molecular weight is 431 g/mol. The minimum Gasteiger partial charge on any atom is -0.478 e. The highest BCUT2D eigenvalue weighted by atomic mass is 35.5. The van der Waals surface area contributed by atoms with Gasteiger partial charge in [-0.1, -0.05) is 24.3 Å². The number of carboxylic acid groups (broad SMARTS) is 1. The van der Waals surface area contributed by atoms with Gasteiger partial charge in [0.2, 0.25) is 0 Å². The molecule has 0 spiro atoms. The summed E-state index contributed by atoms with van der Waals surface area (Å²) in [6, 6.07) is 14.2. The maximum atomic E-state index is 11.3. The molecular formula is C20H28Cl2N2O4. The van der Waals surface area contributed by atoms with E-state index in [0.29, 0.717) is 17.7 Å². The first kappa shape index (κ1) is 28.1. The molecule has 6 nitrogen and oxygen atoms in total. The van der Waals surface area contributed by atoms with E-state index in [2.05, 4.69) is 10.6 Å². The highest BCUT2D eigenvalue weighted by Crippen LogP contribution is 2.06. The lowest BCUT2D eigenvalue weighted by molar-refractivity contribution is 0.0525. The molecule has 2 rings (SSSR count). The number of ether oxygens (including phenoxy) is 1. The minimum atomic E-state index is -0.883. The molecule has 8 heteroatoms. The third-order valence-electron chi connectivity index (χ3n) is 3.43. The number of esters is 1. The highest BCUT2D eigenvalue weighted by molar-refractivity contribution is 5.89. The lowest BCUT2D eigenvalue weighted by Gasteiger charge is -2.03. The topological polar surface area (TPSA) is 87.7 Å². The third-order valence-corrected chi connectivity index (χ3v) is 3.43. The van der Waals surface area contributed by atoms with E-state index in [0.717, 1.165) is 24.2 Å². The van der Waals surface area contributed by atoms with Gasteiger partial charge in [0.05, 0.1) is 17.7 Å². The second-order valence-corrected chi connectivity index (χ2v) is 5.48. The van der Waals surface area contributed by atoms with E-state index in [-0.39, 0.29) is 30.8 Å². The predicted octanol–water partition coefficient (Wildman–Crippen LogP) is 3.53. The number of rotatable bonds is 7. The Morgan fingerprint density at radius 2 is 1.21 bits per heavy atom. The molecule has 0 aliphatic carbocycles. The van der Waals surface area contributed by atoms with Crippen LogP contribution < -0.4 is 10.6 Å². The fourth-order valence-electron chi connectivity index (χ4n) is 2.15. The van der Waals surface area contributed by atoms with Crippen molar-refractivity contribution in [3.63, 3.8) is 0 Å². The Labute approximate surface area is 178 Å². The summed E-state index contributed by atoms with van der Waals surface area (Å²) in [4.78, 5) is 21.7. The number of aromatic carboxylic acids is 1. The van der Waals surface area contributed by atoms with Crippen LogP contribution in [-0.2, 0) is 17.8 Å². The minimum absolute atomic E-state index is 0. The van der Waals surface area contributed by atoms with Crippen LogP contribution in [0, 0.1) is 0 Å². The quantitative estimate of drug-likeness (QED) is 0.582. The van der Waals surface area contributed by atoms with Crippen LogP contribution in [0.4, 0.5) is 0 Å². The molecule has 2 aromatic carbocycles. The normalized spacial score (nSPS) is 9.11. The molecule has 0 aromatic heterocycles. The van der Waals surface area contributed by atoms with Gasteiger partial charge in [0.1, 0.15) is 0 Å². The van der Waals surface area contributed by atoms with Gasteiger partial charge in [-0.3, -0.25) is 0 Å². The van der Waals surface area contributed by atoms with Crippen molar-refractivity contribution in [3.05, 3.63) is 70.8 Å². The van der Waals surface area contributed by atoms with Gasteiger partial charge in [0.25, 0.3) is 0 Å². The Morgan fingerprint density at radius 3 is 1.54 bits per heavy atom. The van der Waals surface area contributed by atoms with E-state index >= 15 is 0 Å². The molecule has 0 atom stereocenters. The van der Waals surface area contributed by atoms with Crippen LogP contribution in [0.15, 0.2) is 48.5 Å². The predicted molar refractivity (Wildman–Crippen MR) is 116 cm³/mol. The van der Waals surface area contributed by atoms with Crippen LogP contribution >= 0.6 is 24.8 Å². The first-order valence-electron chi connectivity index (χ1n) is 8.39. The molecule has 0 saturated carbocycles. The lowest BCUT2D eigenvalue weighted by Crippen LogP contribution is -2.07. The number of benzene rings is 2. The Balaban J connectivity index is 0. The maximum Gasteiger partial charge on any atom is 0.338 e. The molecule has 3 N–H and O–H groups in total. The SMILES string of the molecule is CCOC(=O)c1ccc(CNC)cc1.CNCc1ccc(C(=O)O)cc1.Cl.Cl. The van der Waals surface area contributed by atoms with Crippen LogP contribution in [0.5, 0.6) is 0 Å². The highest BCUT2D eigenvalue weighted by Gasteiger charge is 2.04. The van der Waals surface area contributed by atoms with Gasteiger partial charge < -0.3 is 20.5 Å². The molecule has 156 valence electrons. The van der Waals surface area contributed by atoms with Crippen molar-refractivity contribution in [3.8, 4) is 0 Å². The van der Waals surface area contributed by atoms with Crippen molar-refractivity contribution in [2.75, 3.05) is 20.7 Å². The van der Waals surface area contributed by atoms with Gasteiger partial charge in [0.15, 0.2) is 0 Å². The first-order valence-corrected chi connectivity index (χ1v) is 8.39. The van der Waals surface area contributed by atoms with Gasteiger partial charge in [-0.05, 0) is 56.4 Å². The van der Waals surface area contributed by atoms with Crippen LogP contribution in [0.25, 0.3) is 0 Å². The van der Waals surface area contributed by atoms with E-state index in [1.54, 1.807) is 43.3 Å². The number of carboxylic acids is 1. The molecule has 0 heterocycles. The van der Waals surface area contributed by atoms with E-state index < -0.39 is 5.97 Å². The van der Waals surface area contributed by atoms with Crippen molar-refractivity contribution < 1.29 is 19.4 Å². The summed E-state index contributed by atoms with van der Waals surface area (Å²) < 4.78 is 4.87. The summed E-state index contributed by atoms with van der Waals surface area (Å²) in [6.45, 7) is 3.79. The zero-order valence-electron chi connectivity index (χ0n) is 16.2. The number of nitrogens with one attached hydrogen (secondary N) is 2. The van der Waals surface area contributed by atoms with E-state index in [4.69, 9.17) is 9.84 Å². The van der Waals surface area contributed by atoms with Crippen LogP contribution in [0.2, 0.25) is 0 Å². The molecule has 0 unspecified atom stereocenters. The molecule has 0 aliphatic heterocycles. The standard InChI is InChI=1S/C11H15NO2.C9H11NO2.2ClH/c1-3-14-11(13)10-6-4-9(5-7-10)8-12-2;1-10-6-7-2-4-8(5-3-7)9(11)12;;/h4-7,12H,3,8H2,1-2H3;2-5,10H,6H2,1H3,(H,11,12);2*1H. The molecule has 0 aliphatic rings. The summed E-state index contributed by atoms with van der Waals surface area (Å²) in [6.07, 6.45) is 0. The fourth-order valence-corrected chi connectivity index (χ4v) is 2.15. The van der Waals surface area contributed by atoms with E-state index in [1.165, 1.54) is 0 Å². The molecule has 2 aromatic rings. The molecule has 28 heavy (non-hydrogen) atoms. The van der Waals surface area contributed by atoms with E-state index in [1.807, 2.05) is 26.2 Å². The molecule has 0 saturated heterocycles. The number of halogens is 2. The van der Waals surface area contributed by atoms with Crippen LogP contribution in [0.3, 0.4) is 0 Å². The Kier molecular flexibility index (Phi) is 15.9.